The summed E-state index contributed by atoms with van der Waals surface area (Å²) >= 11 is 0. The highest BCUT2D eigenvalue weighted by atomic mass is 15.2. The summed E-state index contributed by atoms with van der Waals surface area (Å²) in [6.07, 6.45) is 4.29. The molecule has 0 aliphatic rings. The van der Waals surface area contributed by atoms with Crippen molar-refractivity contribution in [2.75, 3.05) is 6.54 Å². The Morgan fingerprint density at radius 3 is 2.78 bits per heavy atom. The molecule has 0 spiro atoms. The normalized spacial score (nSPS) is 10.8. The van der Waals surface area contributed by atoms with Crippen molar-refractivity contribution in [3.8, 4) is 11.4 Å². The van der Waals surface area contributed by atoms with Gasteiger partial charge in [-0.2, -0.15) is 5.10 Å². The molecule has 0 radical (unpaired) electrons. The van der Waals surface area contributed by atoms with Crippen LogP contribution in [0.3, 0.4) is 0 Å². The standard InChI is InChI=1S/C14H20N4/c1-11-7-4-5-8-12(11)14-16-13(17-18-14)9-3-2-6-10-15/h4-5,7-8H,2-3,6,9-10,15H2,1H3,(H,16,17,18). The van der Waals surface area contributed by atoms with Gasteiger partial charge in [0.2, 0.25) is 0 Å². The van der Waals surface area contributed by atoms with E-state index in [0.29, 0.717) is 0 Å². The van der Waals surface area contributed by atoms with Crippen LogP contribution in [0.4, 0.5) is 0 Å². The summed E-state index contributed by atoms with van der Waals surface area (Å²) in [6, 6.07) is 8.17. The first-order valence-corrected chi connectivity index (χ1v) is 6.48. The molecule has 18 heavy (non-hydrogen) atoms. The number of hydrogen-bond donors (Lipinski definition) is 2. The smallest absolute Gasteiger partial charge is 0.181 e. The molecule has 0 fully saturated rings. The van der Waals surface area contributed by atoms with Crippen molar-refractivity contribution in [3.05, 3.63) is 35.7 Å². The summed E-state index contributed by atoms with van der Waals surface area (Å²) in [5.41, 5.74) is 7.77. The number of nitrogens with two attached hydrogens (primary N) is 1. The van der Waals surface area contributed by atoms with Crippen LogP contribution in [0.15, 0.2) is 24.3 Å². The van der Waals surface area contributed by atoms with Gasteiger partial charge in [0, 0.05) is 12.0 Å². The number of nitrogens with one attached hydrogen (secondary N) is 1. The summed E-state index contributed by atoms with van der Waals surface area (Å²) in [6.45, 7) is 2.84. The Hall–Kier alpha value is -1.68. The van der Waals surface area contributed by atoms with E-state index < -0.39 is 0 Å². The van der Waals surface area contributed by atoms with E-state index in [2.05, 4.69) is 34.2 Å². The third-order valence-electron chi connectivity index (χ3n) is 3.04. The Balaban J connectivity index is 2.00. The molecule has 0 aliphatic carbocycles. The molecule has 0 aliphatic heterocycles. The number of aromatic amines is 1. The highest BCUT2D eigenvalue weighted by molar-refractivity contribution is 5.59. The van der Waals surface area contributed by atoms with Gasteiger partial charge in [0.1, 0.15) is 5.82 Å². The zero-order valence-electron chi connectivity index (χ0n) is 10.8. The van der Waals surface area contributed by atoms with Gasteiger partial charge in [-0.05, 0) is 31.9 Å². The Bertz CT molecular complexity index is 490. The molecule has 4 heteroatoms. The van der Waals surface area contributed by atoms with Crippen LogP contribution in [-0.2, 0) is 6.42 Å². The van der Waals surface area contributed by atoms with Crippen molar-refractivity contribution in [2.24, 2.45) is 5.73 Å². The molecule has 0 amide bonds. The predicted molar refractivity (Wildman–Crippen MR) is 73.2 cm³/mol. The zero-order chi connectivity index (χ0) is 12.8. The molecule has 96 valence electrons. The third-order valence-corrected chi connectivity index (χ3v) is 3.04. The molecule has 4 nitrogen and oxygen atoms in total. The molecule has 1 heterocycles. The lowest BCUT2D eigenvalue weighted by Crippen LogP contribution is -1.98. The molecular formula is C14H20N4. The van der Waals surface area contributed by atoms with Gasteiger partial charge < -0.3 is 5.73 Å². The molecule has 0 atom stereocenters. The number of hydrogen-bond acceptors (Lipinski definition) is 3. The largest absolute Gasteiger partial charge is 0.330 e. The van der Waals surface area contributed by atoms with Gasteiger partial charge in [0.05, 0.1) is 0 Å². The minimum atomic E-state index is 0.769. The van der Waals surface area contributed by atoms with E-state index in [4.69, 9.17) is 5.73 Å². The molecule has 0 unspecified atom stereocenters. The lowest BCUT2D eigenvalue weighted by Gasteiger charge is -1.99. The molecule has 1 aromatic carbocycles. The number of H-pyrrole nitrogens is 1. The summed E-state index contributed by atoms with van der Waals surface area (Å²) in [7, 11) is 0. The lowest BCUT2D eigenvalue weighted by molar-refractivity contribution is 0.670. The highest BCUT2D eigenvalue weighted by Gasteiger charge is 2.07. The lowest BCUT2D eigenvalue weighted by atomic mass is 10.1. The van der Waals surface area contributed by atoms with Gasteiger partial charge in [-0.25, -0.2) is 4.98 Å². The fourth-order valence-electron chi connectivity index (χ4n) is 1.96. The van der Waals surface area contributed by atoms with Gasteiger partial charge in [-0.1, -0.05) is 30.7 Å². The predicted octanol–water partition coefficient (Wildman–Crippen LogP) is 2.45. The van der Waals surface area contributed by atoms with E-state index in [0.717, 1.165) is 49.4 Å². The van der Waals surface area contributed by atoms with Crippen molar-refractivity contribution in [2.45, 2.75) is 32.6 Å². The number of rotatable bonds is 6. The molecule has 0 saturated heterocycles. The van der Waals surface area contributed by atoms with Crippen LogP contribution >= 0.6 is 0 Å². The first-order chi connectivity index (χ1) is 8.81. The summed E-state index contributed by atoms with van der Waals surface area (Å²) in [4.78, 5) is 4.54. The SMILES string of the molecule is Cc1ccccc1-c1n[nH]c(CCCCCN)n1. The fourth-order valence-corrected chi connectivity index (χ4v) is 1.96. The minimum absolute atomic E-state index is 0.769. The molecule has 1 aromatic heterocycles. The molecule has 3 N–H and O–H groups in total. The molecular weight excluding hydrogens is 224 g/mol. The number of benzene rings is 1. The van der Waals surface area contributed by atoms with Gasteiger partial charge >= 0.3 is 0 Å². The van der Waals surface area contributed by atoms with Gasteiger partial charge in [0.25, 0.3) is 0 Å². The molecule has 0 bridgehead atoms. The van der Waals surface area contributed by atoms with Gasteiger partial charge in [-0.15, -0.1) is 0 Å². The van der Waals surface area contributed by atoms with Crippen LogP contribution in [-0.4, -0.2) is 21.7 Å². The second-order valence-corrected chi connectivity index (χ2v) is 4.52. The Morgan fingerprint density at radius 1 is 1.17 bits per heavy atom. The first kappa shape index (κ1) is 12.8. The van der Waals surface area contributed by atoms with E-state index in [-0.39, 0.29) is 0 Å². The summed E-state index contributed by atoms with van der Waals surface area (Å²) < 4.78 is 0. The molecule has 2 aromatic rings. The first-order valence-electron chi connectivity index (χ1n) is 6.48. The Morgan fingerprint density at radius 2 is 2.00 bits per heavy atom. The average molecular weight is 244 g/mol. The highest BCUT2D eigenvalue weighted by Crippen LogP contribution is 2.19. The van der Waals surface area contributed by atoms with Crippen LogP contribution in [0, 0.1) is 6.92 Å². The average Bonchev–Trinajstić information content (AvgIpc) is 2.84. The van der Waals surface area contributed by atoms with Gasteiger partial charge in [-0.3, -0.25) is 5.10 Å². The van der Waals surface area contributed by atoms with Crippen molar-refractivity contribution < 1.29 is 0 Å². The van der Waals surface area contributed by atoms with Gasteiger partial charge in [0.15, 0.2) is 5.82 Å². The maximum absolute atomic E-state index is 5.47. The fraction of sp³-hybridized carbons (Fsp3) is 0.429. The minimum Gasteiger partial charge on any atom is -0.330 e. The second-order valence-electron chi connectivity index (χ2n) is 4.52. The summed E-state index contributed by atoms with van der Waals surface area (Å²) in [5.74, 6) is 1.76. The van der Waals surface area contributed by atoms with E-state index >= 15 is 0 Å². The van der Waals surface area contributed by atoms with E-state index in [1.807, 2.05) is 12.1 Å². The van der Waals surface area contributed by atoms with Crippen LogP contribution in [0.25, 0.3) is 11.4 Å². The summed E-state index contributed by atoms with van der Waals surface area (Å²) in [5, 5.41) is 7.30. The topological polar surface area (TPSA) is 67.6 Å². The van der Waals surface area contributed by atoms with E-state index in [1.54, 1.807) is 0 Å². The van der Waals surface area contributed by atoms with E-state index in [1.165, 1.54) is 5.56 Å². The number of nitrogens with zero attached hydrogens (tertiary/aromatic N) is 2. The van der Waals surface area contributed by atoms with Crippen molar-refractivity contribution in [3.63, 3.8) is 0 Å². The van der Waals surface area contributed by atoms with Crippen LogP contribution < -0.4 is 5.73 Å². The molecule has 0 saturated carbocycles. The third kappa shape index (κ3) is 3.17. The van der Waals surface area contributed by atoms with Crippen LogP contribution in [0.2, 0.25) is 0 Å². The van der Waals surface area contributed by atoms with Crippen LogP contribution in [0.1, 0.15) is 30.7 Å². The maximum atomic E-state index is 5.47. The van der Waals surface area contributed by atoms with Crippen LogP contribution in [0.5, 0.6) is 0 Å². The van der Waals surface area contributed by atoms with Crippen molar-refractivity contribution in [1.29, 1.82) is 0 Å². The number of aryl methyl sites for hydroxylation is 2. The number of aromatic nitrogens is 3. The zero-order valence-corrected chi connectivity index (χ0v) is 10.8. The van der Waals surface area contributed by atoms with E-state index in [9.17, 15) is 0 Å². The quantitative estimate of drug-likeness (QED) is 0.767. The monoisotopic (exact) mass is 244 g/mol. The van der Waals surface area contributed by atoms with Crippen molar-refractivity contribution in [1.82, 2.24) is 15.2 Å². The Kier molecular flexibility index (Phi) is 4.47. The Labute approximate surface area is 108 Å². The molecule has 2 rings (SSSR count). The maximum Gasteiger partial charge on any atom is 0.181 e. The second kappa shape index (κ2) is 6.31. The number of unbranched alkanes of at least 4 members (excludes halogenated alkanes) is 2. The van der Waals surface area contributed by atoms with Crippen molar-refractivity contribution >= 4 is 0 Å².